The van der Waals surface area contributed by atoms with Crippen LogP contribution in [-0.2, 0) is 9.53 Å². The van der Waals surface area contributed by atoms with Crippen molar-refractivity contribution < 1.29 is 24.9 Å². The molecule has 3 N–H and O–H groups in total. The molecule has 13 heavy (non-hydrogen) atoms. The van der Waals surface area contributed by atoms with Crippen LogP contribution in [0.15, 0.2) is 0 Å². The third-order valence-corrected chi connectivity index (χ3v) is 3.45. The lowest BCUT2D eigenvalue weighted by atomic mass is 10.0. The number of hydrogen-bond donors (Lipinski definition) is 3. The van der Waals surface area contributed by atoms with Crippen LogP contribution in [0.25, 0.3) is 0 Å². The van der Waals surface area contributed by atoms with Crippen molar-refractivity contribution in [2.24, 2.45) is 5.41 Å². The lowest BCUT2D eigenvalue weighted by molar-refractivity contribution is -0.117. The molecule has 2 aliphatic rings. The maximum Gasteiger partial charge on any atom is 0.355 e. The molecule has 0 amide bonds. The Morgan fingerprint density at radius 3 is 2.23 bits per heavy atom. The molecular formula is C8H12O5. The molecule has 0 bridgehead atoms. The van der Waals surface area contributed by atoms with Crippen LogP contribution < -0.4 is 0 Å². The lowest BCUT2D eigenvalue weighted by Crippen LogP contribution is -2.38. The highest BCUT2D eigenvalue weighted by Gasteiger charge is 3.00. The van der Waals surface area contributed by atoms with E-state index in [1.54, 1.807) is 13.8 Å². The Morgan fingerprint density at radius 2 is 2.00 bits per heavy atom. The summed E-state index contributed by atoms with van der Waals surface area (Å²) in [5.41, 5.74) is -3.72. The van der Waals surface area contributed by atoms with E-state index >= 15 is 0 Å². The zero-order valence-electron chi connectivity index (χ0n) is 7.44. The molecule has 0 aromatic heterocycles. The first-order chi connectivity index (χ1) is 5.86. The minimum Gasteiger partial charge on any atom is -0.440 e. The van der Waals surface area contributed by atoms with Crippen LogP contribution in [0, 0.1) is 5.41 Å². The van der Waals surface area contributed by atoms with E-state index in [9.17, 15) is 15.0 Å². The van der Waals surface area contributed by atoms with Crippen molar-refractivity contribution in [3.63, 3.8) is 0 Å². The van der Waals surface area contributed by atoms with Crippen LogP contribution in [0.5, 0.6) is 0 Å². The quantitative estimate of drug-likeness (QED) is 0.454. The van der Waals surface area contributed by atoms with Gasteiger partial charge in [0.15, 0.2) is 5.60 Å². The SMILES string of the molecule is CC1(C)[C@@]2(OC2=O)[C@]1(O)[C@H](O)CO. The summed E-state index contributed by atoms with van der Waals surface area (Å²) >= 11 is 0. The van der Waals surface area contributed by atoms with Gasteiger partial charge in [0.25, 0.3) is 0 Å². The normalized spacial score (nSPS) is 47.3. The molecule has 1 aliphatic heterocycles. The molecular weight excluding hydrogens is 176 g/mol. The molecule has 0 unspecified atom stereocenters. The molecule has 1 saturated heterocycles. The summed E-state index contributed by atoms with van der Waals surface area (Å²) in [5, 5.41) is 28.0. The first kappa shape index (κ1) is 8.93. The third kappa shape index (κ3) is 0.580. The van der Waals surface area contributed by atoms with Crippen LogP contribution in [0.1, 0.15) is 13.8 Å². The Kier molecular flexibility index (Phi) is 1.30. The standard InChI is InChI=1S/C8H12O5/c1-6(2)7(12,4(10)3-9)8(6)5(11)13-8/h4,9-10,12H,3H2,1-2H3/t4-,7+,8-/m1/s1. The Bertz CT molecular complexity index is 286. The second kappa shape index (κ2) is 1.89. The largest absolute Gasteiger partial charge is 0.440 e. The number of rotatable bonds is 2. The smallest absolute Gasteiger partial charge is 0.355 e. The molecule has 2 rings (SSSR count). The van der Waals surface area contributed by atoms with E-state index in [0.29, 0.717) is 0 Å². The van der Waals surface area contributed by atoms with E-state index in [2.05, 4.69) is 0 Å². The van der Waals surface area contributed by atoms with Gasteiger partial charge in [0.2, 0.25) is 5.60 Å². The number of carbonyl (C=O) groups excluding carboxylic acids is 1. The van der Waals surface area contributed by atoms with Crippen molar-refractivity contribution in [1.29, 1.82) is 0 Å². The highest BCUT2D eigenvalue weighted by Crippen LogP contribution is 2.75. The first-order valence-electron chi connectivity index (χ1n) is 4.11. The number of aliphatic hydroxyl groups excluding tert-OH is 2. The summed E-state index contributed by atoms with van der Waals surface area (Å²) < 4.78 is 4.71. The Morgan fingerprint density at radius 1 is 1.54 bits per heavy atom. The minimum absolute atomic E-state index is 0.507. The summed E-state index contributed by atoms with van der Waals surface area (Å²) in [5.74, 6) is -0.507. The average Bonchev–Trinajstić information content (AvgIpc) is 2.83. The summed E-state index contributed by atoms with van der Waals surface area (Å²) in [4.78, 5) is 10.9. The van der Waals surface area contributed by atoms with Crippen molar-refractivity contribution in [1.82, 2.24) is 0 Å². The molecule has 5 nitrogen and oxygen atoms in total. The molecule has 1 saturated carbocycles. The monoisotopic (exact) mass is 188 g/mol. The number of carbonyl (C=O) groups is 1. The van der Waals surface area contributed by atoms with E-state index in [1.165, 1.54) is 0 Å². The van der Waals surface area contributed by atoms with Gasteiger partial charge in [-0.3, -0.25) is 0 Å². The van der Waals surface area contributed by atoms with E-state index in [-0.39, 0.29) is 0 Å². The van der Waals surface area contributed by atoms with Gasteiger partial charge in [0, 0.05) is 0 Å². The van der Waals surface area contributed by atoms with Gasteiger partial charge in [-0.2, -0.15) is 0 Å². The maximum atomic E-state index is 10.9. The number of epoxide rings is 1. The Labute approximate surface area is 74.9 Å². The van der Waals surface area contributed by atoms with Gasteiger partial charge in [0.05, 0.1) is 12.0 Å². The van der Waals surface area contributed by atoms with Crippen LogP contribution >= 0.6 is 0 Å². The van der Waals surface area contributed by atoms with Crippen molar-refractivity contribution >= 4 is 5.97 Å². The fraction of sp³-hybridized carbons (Fsp3) is 0.875. The second-order valence-corrected chi connectivity index (χ2v) is 4.16. The highest BCUT2D eigenvalue weighted by molar-refractivity contribution is 6.02. The maximum absolute atomic E-state index is 10.9. The highest BCUT2D eigenvalue weighted by atomic mass is 16.7. The fourth-order valence-corrected chi connectivity index (χ4v) is 2.36. The Hall–Kier alpha value is -0.650. The molecule has 2 fully saturated rings. The fourth-order valence-electron chi connectivity index (χ4n) is 2.36. The van der Waals surface area contributed by atoms with Gasteiger partial charge >= 0.3 is 5.97 Å². The second-order valence-electron chi connectivity index (χ2n) is 4.16. The van der Waals surface area contributed by atoms with Gasteiger partial charge in [-0.15, -0.1) is 0 Å². The van der Waals surface area contributed by atoms with Crippen LogP contribution in [-0.4, -0.2) is 45.2 Å². The molecule has 1 spiro atoms. The van der Waals surface area contributed by atoms with Gasteiger partial charge in [-0.05, 0) is 0 Å². The Balaban J connectivity index is 2.33. The molecule has 1 aliphatic carbocycles. The average molecular weight is 188 g/mol. The number of aliphatic hydroxyl groups is 3. The van der Waals surface area contributed by atoms with Crippen LogP contribution in [0.4, 0.5) is 0 Å². The molecule has 1 heterocycles. The summed E-state index contributed by atoms with van der Waals surface area (Å²) in [6.07, 6.45) is -1.34. The minimum atomic E-state index is -1.63. The van der Waals surface area contributed by atoms with Crippen molar-refractivity contribution in [3.8, 4) is 0 Å². The molecule has 0 radical (unpaired) electrons. The molecule has 74 valence electrons. The predicted octanol–water partition coefficient (Wildman–Crippen LogP) is -1.59. The zero-order valence-corrected chi connectivity index (χ0v) is 7.44. The molecule has 0 aromatic rings. The van der Waals surface area contributed by atoms with Gasteiger partial charge in [-0.25, -0.2) is 4.79 Å². The van der Waals surface area contributed by atoms with Gasteiger partial charge < -0.3 is 20.1 Å². The zero-order chi connectivity index (χ0) is 10.1. The molecule has 5 heteroatoms. The van der Waals surface area contributed by atoms with Crippen LogP contribution in [0.3, 0.4) is 0 Å². The van der Waals surface area contributed by atoms with E-state index in [1.807, 2.05) is 0 Å². The molecule has 3 atom stereocenters. The third-order valence-electron chi connectivity index (χ3n) is 3.45. The molecule has 0 aromatic carbocycles. The predicted molar refractivity (Wildman–Crippen MR) is 40.6 cm³/mol. The van der Waals surface area contributed by atoms with Crippen molar-refractivity contribution in [2.45, 2.75) is 31.2 Å². The van der Waals surface area contributed by atoms with Crippen molar-refractivity contribution in [2.75, 3.05) is 6.61 Å². The topological polar surface area (TPSA) is 90.3 Å². The van der Waals surface area contributed by atoms with Crippen LogP contribution in [0.2, 0.25) is 0 Å². The van der Waals surface area contributed by atoms with E-state index in [0.717, 1.165) is 0 Å². The van der Waals surface area contributed by atoms with E-state index < -0.39 is 35.3 Å². The summed E-state index contributed by atoms with van der Waals surface area (Å²) in [6, 6.07) is 0. The van der Waals surface area contributed by atoms with Gasteiger partial charge in [-0.1, -0.05) is 13.8 Å². The number of hydrogen-bond acceptors (Lipinski definition) is 5. The summed E-state index contributed by atoms with van der Waals surface area (Å²) in [6.45, 7) is 2.66. The van der Waals surface area contributed by atoms with E-state index in [4.69, 9.17) is 9.84 Å². The lowest BCUT2D eigenvalue weighted by Gasteiger charge is -2.16. The van der Waals surface area contributed by atoms with Gasteiger partial charge in [0.1, 0.15) is 6.10 Å². The number of ether oxygens (including phenoxy) is 1. The summed E-state index contributed by atoms with van der Waals surface area (Å²) in [7, 11) is 0. The first-order valence-corrected chi connectivity index (χ1v) is 4.11. The van der Waals surface area contributed by atoms with Crippen molar-refractivity contribution in [3.05, 3.63) is 0 Å².